The summed E-state index contributed by atoms with van der Waals surface area (Å²) in [7, 11) is 0. The lowest BCUT2D eigenvalue weighted by Gasteiger charge is -2.38. The number of nitrogens with one attached hydrogen (secondary N) is 1. The van der Waals surface area contributed by atoms with Crippen molar-refractivity contribution in [1.82, 2.24) is 10.2 Å². The minimum atomic E-state index is -1.20. The van der Waals surface area contributed by atoms with Gasteiger partial charge >= 0.3 is 0 Å². The zero-order valence-corrected chi connectivity index (χ0v) is 13.9. The fraction of sp³-hybridized carbons (Fsp3) is 0.600. The second-order valence-corrected chi connectivity index (χ2v) is 11.2. The number of hydrogen-bond donors (Lipinski definition) is 2. The number of aliphatic hydroxyl groups is 1. The van der Waals surface area contributed by atoms with E-state index in [9.17, 15) is 9.90 Å². The van der Waals surface area contributed by atoms with Gasteiger partial charge in [0.05, 0.1) is 6.61 Å². The van der Waals surface area contributed by atoms with Gasteiger partial charge in [-0.3, -0.25) is 4.79 Å². The number of aliphatic hydroxyl groups excluding tert-OH is 1. The second kappa shape index (κ2) is 5.24. The zero-order chi connectivity index (χ0) is 16.1. The van der Waals surface area contributed by atoms with Gasteiger partial charge in [0.25, 0.3) is 5.91 Å². The quantitative estimate of drug-likeness (QED) is 0.730. The van der Waals surface area contributed by atoms with E-state index in [0.717, 1.165) is 12.6 Å². The molecule has 0 saturated carbocycles. The van der Waals surface area contributed by atoms with Gasteiger partial charge in [-0.1, -0.05) is 6.58 Å². The van der Waals surface area contributed by atoms with Crippen molar-refractivity contribution >= 4 is 19.1 Å². The van der Waals surface area contributed by atoms with Crippen LogP contribution in [0.3, 0.4) is 0 Å². The van der Waals surface area contributed by atoms with Crippen LogP contribution in [0.15, 0.2) is 24.7 Å². The summed E-state index contributed by atoms with van der Waals surface area (Å²) in [4.78, 5) is 13.0. The molecule has 0 aromatic rings. The SMILES string of the molecule is C=C1NC(=O)C=CN1[C@@H]1O[C@@]2(CCP(=C)(C)C)CO[C@@H]1[C@@H]2O. The van der Waals surface area contributed by atoms with E-state index in [1.807, 2.05) is 0 Å². The van der Waals surface area contributed by atoms with Gasteiger partial charge in [-0.05, 0) is 25.9 Å². The largest absolute Gasteiger partial charge is 0.387 e. The van der Waals surface area contributed by atoms with E-state index in [4.69, 9.17) is 9.47 Å². The summed E-state index contributed by atoms with van der Waals surface area (Å²) in [5.74, 6) is 0.213. The van der Waals surface area contributed by atoms with Gasteiger partial charge in [0.1, 0.15) is 23.6 Å². The van der Waals surface area contributed by atoms with Crippen molar-refractivity contribution in [2.45, 2.75) is 30.5 Å². The number of hydrogen-bond acceptors (Lipinski definition) is 5. The van der Waals surface area contributed by atoms with Crippen molar-refractivity contribution in [3.63, 3.8) is 0 Å². The first-order chi connectivity index (χ1) is 10.2. The molecule has 3 aliphatic rings. The molecule has 7 heteroatoms. The summed E-state index contributed by atoms with van der Waals surface area (Å²) in [5.41, 5.74) is -0.681. The van der Waals surface area contributed by atoms with Crippen LogP contribution in [0.2, 0.25) is 0 Å². The molecule has 2 N–H and O–H groups in total. The van der Waals surface area contributed by atoms with Crippen LogP contribution < -0.4 is 5.32 Å². The second-order valence-electron chi connectivity index (χ2n) is 6.86. The predicted molar refractivity (Wildman–Crippen MR) is 87.0 cm³/mol. The van der Waals surface area contributed by atoms with Gasteiger partial charge in [0, 0.05) is 12.3 Å². The highest BCUT2D eigenvalue weighted by atomic mass is 31.2. The topological polar surface area (TPSA) is 71.0 Å². The smallest absolute Gasteiger partial charge is 0.250 e. The average Bonchev–Trinajstić information content (AvgIpc) is 2.87. The van der Waals surface area contributed by atoms with Gasteiger partial charge in [0.2, 0.25) is 0 Å². The van der Waals surface area contributed by atoms with Gasteiger partial charge in [0.15, 0.2) is 6.23 Å². The molecule has 0 spiro atoms. The van der Waals surface area contributed by atoms with E-state index in [0.29, 0.717) is 12.4 Å². The highest BCUT2D eigenvalue weighted by Crippen LogP contribution is 2.47. The average molecular weight is 326 g/mol. The Balaban J connectivity index is 1.78. The van der Waals surface area contributed by atoms with Crippen molar-refractivity contribution in [1.29, 1.82) is 0 Å². The first kappa shape index (κ1) is 15.8. The Morgan fingerprint density at radius 3 is 2.95 bits per heavy atom. The third-order valence-corrected chi connectivity index (χ3v) is 5.82. The number of carbonyl (C=O) groups excluding carboxylic acids is 1. The summed E-state index contributed by atoms with van der Waals surface area (Å²) in [6.07, 6.45) is 7.31. The molecule has 122 valence electrons. The molecule has 3 heterocycles. The van der Waals surface area contributed by atoms with Gasteiger partial charge in [-0.15, -0.1) is 13.2 Å². The molecule has 2 fully saturated rings. The normalized spacial score (nSPS) is 37.8. The lowest BCUT2D eigenvalue weighted by molar-refractivity contribution is -0.182. The maximum absolute atomic E-state index is 11.3. The van der Waals surface area contributed by atoms with E-state index in [-0.39, 0.29) is 5.91 Å². The van der Waals surface area contributed by atoms with Crippen molar-refractivity contribution in [3.05, 3.63) is 24.7 Å². The molecule has 0 unspecified atom stereocenters. The summed E-state index contributed by atoms with van der Waals surface area (Å²) in [6.45, 7) is 7.35. The molecule has 3 aliphatic heterocycles. The minimum Gasteiger partial charge on any atom is -0.387 e. The van der Waals surface area contributed by atoms with E-state index >= 15 is 0 Å². The van der Waals surface area contributed by atoms with Crippen molar-refractivity contribution in [2.24, 2.45) is 0 Å². The molecule has 2 bridgehead atoms. The zero-order valence-electron chi connectivity index (χ0n) is 13.0. The van der Waals surface area contributed by atoms with Crippen LogP contribution in [0.25, 0.3) is 0 Å². The van der Waals surface area contributed by atoms with Crippen LogP contribution in [0.4, 0.5) is 0 Å². The Hall–Kier alpha value is -1.07. The molecule has 4 atom stereocenters. The number of carbonyl (C=O) groups is 1. The molecule has 0 aromatic carbocycles. The molecule has 3 rings (SSSR count). The van der Waals surface area contributed by atoms with Gasteiger partial charge in [-0.2, -0.15) is 0 Å². The molecule has 0 radical (unpaired) electrons. The lowest BCUT2D eigenvalue weighted by Crippen LogP contribution is -2.49. The van der Waals surface area contributed by atoms with Crippen LogP contribution in [0, 0.1) is 0 Å². The van der Waals surface area contributed by atoms with Crippen LogP contribution >= 0.6 is 6.89 Å². The van der Waals surface area contributed by atoms with Gasteiger partial charge in [-0.25, -0.2) is 0 Å². The molecule has 1 amide bonds. The third-order valence-electron chi connectivity index (χ3n) is 4.39. The van der Waals surface area contributed by atoms with E-state index in [2.05, 4.69) is 31.5 Å². The summed E-state index contributed by atoms with van der Waals surface area (Å²) >= 11 is 0. The first-order valence-corrected chi connectivity index (χ1v) is 10.4. The van der Waals surface area contributed by atoms with Crippen LogP contribution in [0.5, 0.6) is 0 Å². The maximum Gasteiger partial charge on any atom is 0.250 e. The molecule has 2 saturated heterocycles. The molecular formula is C15H23N2O4P. The number of rotatable bonds is 4. The van der Waals surface area contributed by atoms with Crippen LogP contribution in [-0.2, 0) is 14.3 Å². The van der Waals surface area contributed by atoms with E-state index in [1.54, 1.807) is 11.1 Å². The first-order valence-electron chi connectivity index (χ1n) is 7.33. The number of fused-ring (bicyclic) bond motifs is 2. The number of amides is 1. The Labute approximate surface area is 130 Å². The summed E-state index contributed by atoms with van der Waals surface area (Å²) < 4.78 is 11.9. The molecular weight excluding hydrogens is 303 g/mol. The number of nitrogens with zero attached hydrogens (tertiary/aromatic N) is 1. The summed E-state index contributed by atoms with van der Waals surface area (Å²) in [6, 6.07) is 0. The maximum atomic E-state index is 11.3. The Morgan fingerprint density at radius 2 is 2.32 bits per heavy atom. The van der Waals surface area contributed by atoms with Crippen molar-refractivity contribution in [3.8, 4) is 0 Å². The predicted octanol–water partition coefficient (Wildman–Crippen LogP) is 0.357. The Morgan fingerprint density at radius 1 is 1.59 bits per heavy atom. The monoisotopic (exact) mass is 326 g/mol. The summed E-state index contributed by atoms with van der Waals surface area (Å²) in [5, 5.41) is 13.2. The van der Waals surface area contributed by atoms with Crippen molar-refractivity contribution in [2.75, 3.05) is 26.1 Å². The highest BCUT2D eigenvalue weighted by Gasteiger charge is 2.62. The van der Waals surface area contributed by atoms with Crippen LogP contribution in [0.1, 0.15) is 6.42 Å². The molecule has 22 heavy (non-hydrogen) atoms. The van der Waals surface area contributed by atoms with E-state index in [1.165, 1.54) is 6.08 Å². The minimum absolute atomic E-state index is 0.218. The fourth-order valence-electron chi connectivity index (χ4n) is 3.07. The molecule has 0 aliphatic carbocycles. The lowest BCUT2D eigenvalue weighted by atomic mass is 9.96. The molecule has 0 aromatic heterocycles. The Kier molecular flexibility index (Phi) is 3.76. The third kappa shape index (κ3) is 2.65. The standard InChI is InChI=1S/C15H23N2O4P/c1-10-16-11(18)5-7-17(10)14-12-13(19)15(21-14,9-20-12)6-8-22(2,3)4/h5,7,12-14,19H,1-2,6,8-9H2,3-4H3,(H,16,18)/t12-,13+,14-,15+/m1/s1. The molecule has 6 nitrogen and oxygen atoms in total. The van der Waals surface area contributed by atoms with Crippen molar-refractivity contribution < 1.29 is 19.4 Å². The fourth-order valence-corrected chi connectivity index (χ4v) is 4.06. The van der Waals surface area contributed by atoms with Crippen LogP contribution in [-0.4, -0.2) is 72.3 Å². The van der Waals surface area contributed by atoms with E-state index < -0.39 is 30.9 Å². The highest BCUT2D eigenvalue weighted by molar-refractivity contribution is 7.72. The van der Waals surface area contributed by atoms with Gasteiger partial charge < -0.3 is 24.8 Å². The number of ether oxygens (including phenoxy) is 2. The Bertz CT molecular complexity index is 584.